The number of benzene rings is 1. The standard InChI is InChI=1S/C17H24ClFN2/c1-2-14-11-20-17(8-4-3-5-9-17)12-21(14)16-7-6-13(18)10-15(16)19/h6-7,10,14,20H,2-5,8-9,11-12H2,1H3. The minimum Gasteiger partial charge on any atom is -0.363 e. The molecule has 1 saturated carbocycles. The predicted octanol–water partition coefficient (Wildman–Crippen LogP) is 4.37. The summed E-state index contributed by atoms with van der Waals surface area (Å²) in [6.07, 6.45) is 7.31. The number of anilines is 1. The molecule has 1 aliphatic carbocycles. The molecule has 1 heterocycles. The SMILES string of the molecule is CCC1CNC2(CCCCC2)CN1c1ccc(Cl)cc1F. The molecule has 2 fully saturated rings. The Hall–Kier alpha value is -0.800. The van der Waals surface area contributed by atoms with Crippen LogP contribution in [0.1, 0.15) is 45.4 Å². The molecule has 21 heavy (non-hydrogen) atoms. The summed E-state index contributed by atoms with van der Waals surface area (Å²) in [5, 5.41) is 4.24. The fourth-order valence-corrected chi connectivity index (χ4v) is 4.04. The monoisotopic (exact) mass is 310 g/mol. The second-order valence-corrected chi connectivity index (χ2v) is 6.94. The van der Waals surface area contributed by atoms with Gasteiger partial charge in [-0.05, 0) is 37.5 Å². The van der Waals surface area contributed by atoms with E-state index in [9.17, 15) is 4.39 Å². The Kier molecular flexibility index (Phi) is 4.41. The summed E-state index contributed by atoms with van der Waals surface area (Å²) >= 11 is 5.90. The van der Waals surface area contributed by atoms with E-state index in [1.165, 1.54) is 38.2 Å². The first-order valence-electron chi connectivity index (χ1n) is 8.10. The lowest BCUT2D eigenvalue weighted by molar-refractivity contribution is 0.195. The summed E-state index contributed by atoms with van der Waals surface area (Å²) in [5.41, 5.74) is 0.883. The van der Waals surface area contributed by atoms with Crippen molar-refractivity contribution in [3.05, 3.63) is 29.0 Å². The summed E-state index contributed by atoms with van der Waals surface area (Å²) < 4.78 is 14.4. The Labute approximate surface area is 131 Å². The molecule has 1 N–H and O–H groups in total. The van der Waals surface area contributed by atoms with Gasteiger partial charge in [0.2, 0.25) is 0 Å². The van der Waals surface area contributed by atoms with E-state index in [2.05, 4.69) is 17.1 Å². The van der Waals surface area contributed by atoms with Gasteiger partial charge in [0.1, 0.15) is 5.82 Å². The van der Waals surface area contributed by atoms with Gasteiger partial charge in [0.05, 0.1) is 5.69 Å². The van der Waals surface area contributed by atoms with Gasteiger partial charge < -0.3 is 10.2 Å². The van der Waals surface area contributed by atoms with Crippen LogP contribution in [0.2, 0.25) is 5.02 Å². The summed E-state index contributed by atoms with van der Waals surface area (Å²) in [7, 11) is 0. The van der Waals surface area contributed by atoms with Gasteiger partial charge in [0.15, 0.2) is 0 Å². The van der Waals surface area contributed by atoms with Gasteiger partial charge in [-0.25, -0.2) is 4.39 Å². The average molecular weight is 311 g/mol. The van der Waals surface area contributed by atoms with Crippen LogP contribution in [-0.4, -0.2) is 24.7 Å². The highest BCUT2D eigenvalue weighted by Crippen LogP contribution is 2.35. The molecule has 4 heteroatoms. The van der Waals surface area contributed by atoms with Crippen molar-refractivity contribution in [3.63, 3.8) is 0 Å². The maximum absolute atomic E-state index is 14.4. The number of rotatable bonds is 2. The van der Waals surface area contributed by atoms with E-state index in [1.807, 2.05) is 6.07 Å². The molecule has 2 aliphatic rings. The van der Waals surface area contributed by atoms with Gasteiger partial charge in [0, 0.05) is 29.7 Å². The molecule has 0 radical (unpaired) electrons. The van der Waals surface area contributed by atoms with Crippen LogP contribution in [0, 0.1) is 5.82 Å². The Morgan fingerprint density at radius 1 is 1.33 bits per heavy atom. The summed E-state index contributed by atoms with van der Waals surface area (Å²) in [6.45, 7) is 4.02. The zero-order chi connectivity index (χ0) is 14.9. The van der Waals surface area contributed by atoms with Gasteiger partial charge in [-0.1, -0.05) is 37.8 Å². The molecule has 1 aromatic rings. The third-order valence-electron chi connectivity index (χ3n) is 5.13. The maximum atomic E-state index is 14.4. The molecule has 1 aromatic carbocycles. The van der Waals surface area contributed by atoms with Crippen molar-refractivity contribution in [2.45, 2.75) is 57.0 Å². The molecule has 3 rings (SSSR count). The summed E-state index contributed by atoms with van der Waals surface area (Å²) in [5.74, 6) is -0.200. The van der Waals surface area contributed by atoms with Crippen LogP contribution in [0.3, 0.4) is 0 Å². The highest BCUT2D eigenvalue weighted by Gasteiger charge is 2.40. The number of halogens is 2. The van der Waals surface area contributed by atoms with Crippen molar-refractivity contribution in [1.82, 2.24) is 5.32 Å². The first kappa shape index (κ1) is 15.1. The Bertz CT molecular complexity index is 500. The van der Waals surface area contributed by atoms with Crippen LogP contribution in [0.25, 0.3) is 0 Å². The molecule has 1 atom stereocenters. The van der Waals surface area contributed by atoms with E-state index in [0.717, 1.165) is 19.5 Å². The molecule has 1 aliphatic heterocycles. The predicted molar refractivity (Wildman–Crippen MR) is 86.7 cm³/mol. The summed E-state index contributed by atoms with van der Waals surface area (Å²) in [4.78, 5) is 2.27. The molecule has 1 unspecified atom stereocenters. The fraction of sp³-hybridized carbons (Fsp3) is 0.647. The van der Waals surface area contributed by atoms with Gasteiger partial charge in [-0.2, -0.15) is 0 Å². The van der Waals surface area contributed by atoms with Crippen molar-refractivity contribution in [3.8, 4) is 0 Å². The van der Waals surface area contributed by atoms with Gasteiger partial charge >= 0.3 is 0 Å². The first-order chi connectivity index (χ1) is 10.1. The van der Waals surface area contributed by atoms with Crippen molar-refractivity contribution < 1.29 is 4.39 Å². The first-order valence-corrected chi connectivity index (χ1v) is 8.48. The molecule has 0 bridgehead atoms. The van der Waals surface area contributed by atoms with Crippen LogP contribution in [0.15, 0.2) is 18.2 Å². The lowest BCUT2D eigenvalue weighted by Crippen LogP contribution is -2.65. The van der Waals surface area contributed by atoms with Crippen LogP contribution >= 0.6 is 11.6 Å². The lowest BCUT2D eigenvalue weighted by atomic mass is 9.79. The van der Waals surface area contributed by atoms with Gasteiger partial charge in [-0.3, -0.25) is 0 Å². The number of hydrogen-bond donors (Lipinski definition) is 1. The third-order valence-corrected chi connectivity index (χ3v) is 5.36. The van der Waals surface area contributed by atoms with Crippen molar-refractivity contribution >= 4 is 17.3 Å². The van der Waals surface area contributed by atoms with Crippen molar-refractivity contribution in [2.75, 3.05) is 18.0 Å². The average Bonchev–Trinajstić information content (AvgIpc) is 2.48. The minimum atomic E-state index is -0.200. The molecular formula is C17H24ClFN2. The molecule has 0 amide bonds. The maximum Gasteiger partial charge on any atom is 0.147 e. The van der Waals surface area contributed by atoms with Gasteiger partial charge in [0.25, 0.3) is 0 Å². The number of piperazine rings is 1. The van der Waals surface area contributed by atoms with Crippen LogP contribution in [-0.2, 0) is 0 Å². The normalized spacial score (nSPS) is 25.3. The highest BCUT2D eigenvalue weighted by atomic mass is 35.5. The van der Waals surface area contributed by atoms with E-state index in [4.69, 9.17) is 11.6 Å². The Morgan fingerprint density at radius 2 is 2.10 bits per heavy atom. The Morgan fingerprint density at radius 3 is 2.76 bits per heavy atom. The Balaban J connectivity index is 1.88. The highest BCUT2D eigenvalue weighted by molar-refractivity contribution is 6.30. The lowest BCUT2D eigenvalue weighted by Gasteiger charge is -2.50. The quantitative estimate of drug-likeness (QED) is 0.872. The second-order valence-electron chi connectivity index (χ2n) is 6.51. The van der Waals surface area contributed by atoms with Crippen molar-refractivity contribution in [1.29, 1.82) is 0 Å². The third kappa shape index (κ3) is 3.04. The number of nitrogens with zero attached hydrogens (tertiary/aromatic N) is 1. The fourth-order valence-electron chi connectivity index (χ4n) is 3.88. The molecule has 0 aromatic heterocycles. The van der Waals surface area contributed by atoms with Crippen LogP contribution in [0.5, 0.6) is 0 Å². The van der Waals surface area contributed by atoms with Gasteiger partial charge in [-0.15, -0.1) is 0 Å². The largest absolute Gasteiger partial charge is 0.363 e. The smallest absolute Gasteiger partial charge is 0.147 e. The van der Waals surface area contributed by atoms with Crippen LogP contribution < -0.4 is 10.2 Å². The topological polar surface area (TPSA) is 15.3 Å². The van der Waals surface area contributed by atoms with Crippen molar-refractivity contribution in [2.24, 2.45) is 0 Å². The summed E-state index contributed by atoms with van der Waals surface area (Å²) in [6, 6.07) is 5.41. The zero-order valence-electron chi connectivity index (χ0n) is 12.7. The molecule has 1 saturated heterocycles. The van der Waals surface area contributed by atoms with E-state index >= 15 is 0 Å². The molecule has 116 valence electrons. The molecule has 1 spiro atoms. The number of hydrogen-bond acceptors (Lipinski definition) is 2. The van der Waals surface area contributed by atoms with E-state index < -0.39 is 0 Å². The number of nitrogens with one attached hydrogen (secondary N) is 1. The molecule has 2 nitrogen and oxygen atoms in total. The zero-order valence-corrected chi connectivity index (χ0v) is 13.4. The minimum absolute atomic E-state index is 0.177. The van der Waals surface area contributed by atoms with E-state index in [-0.39, 0.29) is 11.4 Å². The van der Waals surface area contributed by atoms with E-state index in [1.54, 1.807) is 6.07 Å². The van der Waals surface area contributed by atoms with Crippen LogP contribution in [0.4, 0.5) is 10.1 Å². The molecular weight excluding hydrogens is 287 g/mol. The van der Waals surface area contributed by atoms with E-state index in [0.29, 0.717) is 16.8 Å². The second kappa shape index (κ2) is 6.13.